The Morgan fingerprint density at radius 2 is 1.71 bits per heavy atom. The molecule has 0 aliphatic carbocycles. The summed E-state index contributed by atoms with van der Waals surface area (Å²) in [7, 11) is 1.54. The predicted octanol–water partition coefficient (Wildman–Crippen LogP) is 5.76. The van der Waals surface area contributed by atoms with Crippen LogP contribution in [0.3, 0.4) is 0 Å². The second-order valence-electron chi connectivity index (χ2n) is 7.60. The molecule has 0 aromatic heterocycles. The van der Waals surface area contributed by atoms with Gasteiger partial charge in [-0.3, -0.25) is 9.59 Å². The van der Waals surface area contributed by atoms with Crippen LogP contribution in [0.1, 0.15) is 29.5 Å². The van der Waals surface area contributed by atoms with Crippen LogP contribution in [0, 0.1) is 6.92 Å². The number of ether oxygens (including phenoxy) is 2. The number of carbonyl (C=O) groups is 2. The number of carbonyl (C=O) groups excluding carboxylic acids is 2. The molecule has 2 amide bonds. The Morgan fingerprint density at radius 3 is 2.46 bits per heavy atom. The molecule has 0 aliphatic rings. The number of amides is 2. The van der Waals surface area contributed by atoms with E-state index in [0.29, 0.717) is 39.4 Å². The standard InChI is InChI=1S/C26H25Cl2N3O4/c1-17-7-9-20(14-22(17)28)30-25(32)11-12-26(33)31-29-15-18-8-10-23(24(13-18)34-2)35-16-19-5-3-4-6-21(19)27/h3-10,13-15H,11-12,16H2,1-2H3,(H,30,32)(H,31,33). The van der Waals surface area contributed by atoms with Crippen molar-refractivity contribution in [1.82, 2.24) is 5.43 Å². The summed E-state index contributed by atoms with van der Waals surface area (Å²) in [5.41, 5.74) is 5.47. The highest BCUT2D eigenvalue weighted by atomic mass is 35.5. The van der Waals surface area contributed by atoms with Crippen LogP contribution >= 0.6 is 23.2 Å². The molecule has 0 aliphatic heterocycles. The Morgan fingerprint density at radius 1 is 0.943 bits per heavy atom. The first-order valence-corrected chi connectivity index (χ1v) is 11.5. The van der Waals surface area contributed by atoms with Crippen LogP contribution in [0.5, 0.6) is 11.5 Å². The number of methoxy groups -OCH3 is 1. The van der Waals surface area contributed by atoms with Crippen molar-refractivity contribution >= 4 is 46.9 Å². The number of hydrazone groups is 1. The SMILES string of the molecule is COc1cc(C=NNC(=O)CCC(=O)Nc2ccc(C)c(Cl)c2)ccc1OCc1ccccc1Cl. The molecule has 0 spiro atoms. The van der Waals surface area contributed by atoms with Crippen LogP contribution in [0.15, 0.2) is 65.8 Å². The lowest BCUT2D eigenvalue weighted by molar-refractivity contribution is -0.124. The summed E-state index contributed by atoms with van der Waals surface area (Å²) in [5.74, 6) is 0.390. The molecule has 3 rings (SSSR count). The van der Waals surface area contributed by atoms with Gasteiger partial charge >= 0.3 is 0 Å². The lowest BCUT2D eigenvalue weighted by Crippen LogP contribution is -2.20. The van der Waals surface area contributed by atoms with Crippen molar-refractivity contribution in [2.24, 2.45) is 5.10 Å². The van der Waals surface area contributed by atoms with Gasteiger partial charge in [0, 0.05) is 34.1 Å². The molecule has 2 N–H and O–H groups in total. The van der Waals surface area contributed by atoms with Crippen molar-refractivity contribution in [2.75, 3.05) is 12.4 Å². The fraction of sp³-hybridized carbons (Fsp3) is 0.192. The van der Waals surface area contributed by atoms with Gasteiger partial charge in [-0.1, -0.05) is 47.5 Å². The maximum Gasteiger partial charge on any atom is 0.240 e. The first kappa shape index (κ1) is 26.1. The van der Waals surface area contributed by atoms with Crippen molar-refractivity contribution in [3.8, 4) is 11.5 Å². The second kappa shape index (κ2) is 12.8. The van der Waals surface area contributed by atoms with E-state index in [0.717, 1.165) is 11.1 Å². The van der Waals surface area contributed by atoms with Gasteiger partial charge in [-0.05, 0) is 54.4 Å². The zero-order valence-electron chi connectivity index (χ0n) is 19.3. The zero-order valence-corrected chi connectivity index (χ0v) is 20.8. The Hall–Kier alpha value is -3.55. The minimum atomic E-state index is -0.384. The average molecular weight is 514 g/mol. The molecule has 0 bridgehead atoms. The van der Waals surface area contributed by atoms with Crippen LogP contribution in [-0.2, 0) is 16.2 Å². The summed E-state index contributed by atoms with van der Waals surface area (Å²) < 4.78 is 11.2. The highest BCUT2D eigenvalue weighted by molar-refractivity contribution is 6.31. The van der Waals surface area contributed by atoms with Gasteiger partial charge < -0.3 is 14.8 Å². The van der Waals surface area contributed by atoms with Crippen LogP contribution in [0.4, 0.5) is 5.69 Å². The predicted molar refractivity (Wildman–Crippen MR) is 139 cm³/mol. The molecule has 35 heavy (non-hydrogen) atoms. The number of nitrogens with zero attached hydrogens (tertiary/aromatic N) is 1. The summed E-state index contributed by atoms with van der Waals surface area (Å²) in [5, 5.41) is 7.85. The number of anilines is 1. The minimum absolute atomic E-state index is 0.0120. The van der Waals surface area contributed by atoms with Crippen molar-refractivity contribution in [3.05, 3.63) is 87.4 Å². The first-order valence-electron chi connectivity index (χ1n) is 10.8. The number of hydrogen-bond acceptors (Lipinski definition) is 5. The maximum absolute atomic E-state index is 12.1. The van der Waals surface area contributed by atoms with Gasteiger partial charge in [-0.15, -0.1) is 0 Å². The third-order valence-corrected chi connectivity index (χ3v) is 5.74. The molecular formula is C26H25Cl2N3O4. The number of aryl methyl sites for hydroxylation is 1. The number of nitrogens with one attached hydrogen (secondary N) is 2. The van der Waals surface area contributed by atoms with E-state index in [9.17, 15) is 9.59 Å². The molecule has 0 heterocycles. The van der Waals surface area contributed by atoms with Gasteiger partial charge in [0.05, 0.1) is 13.3 Å². The monoisotopic (exact) mass is 513 g/mol. The Labute approximate surface area is 214 Å². The van der Waals surface area contributed by atoms with E-state index < -0.39 is 0 Å². The Kier molecular flexibility index (Phi) is 9.52. The highest BCUT2D eigenvalue weighted by Crippen LogP contribution is 2.29. The first-order chi connectivity index (χ1) is 16.9. The van der Waals surface area contributed by atoms with Crippen LogP contribution in [0.2, 0.25) is 10.0 Å². The smallest absolute Gasteiger partial charge is 0.240 e. The molecule has 7 nitrogen and oxygen atoms in total. The maximum atomic E-state index is 12.1. The fourth-order valence-corrected chi connectivity index (χ4v) is 3.38. The van der Waals surface area contributed by atoms with Gasteiger partial charge in [-0.2, -0.15) is 5.10 Å². The molecule has 0 unspecified atom stereocenters. The van der Waals surface area contributed by atoms with Crippen molar-refractivity contribution in [2.45, 2.75) is 26.4 Å². The van der Waals surface area contributed by atoms with Gasteiger partial charge in [0.1, 0.15) is 6.61 Å². The number of rotatable bonds is 10. The molecule has 0 radical (unpaired) electrons. The minimum Gasteiger partial charge on any atom is -0.493 e. The van der Waals surface area contributed by atoms with Gasteiger partial charge in [0.15, 0.2) is 11.5 Å². The third-order valence-electron chi connectivity index (χ3n) is 4.97. The van der Waals surface area contributed by atoms with Crippen LogP contribution in [0.25, 0.3) is 0 Å². The van der Waals surface area contributed by atoms with Gasteiger partial charge in [0.2, 0.25) is 11.8 Å². The average Bonchev–Trinajstić information content (AvgIpc) is 2.85. The normalized spacial score (nSPS) is 10.7. The molecule has 182 valence electrons. The van der Waals surface area contributed by atoms with E-state index in [4.69, 9.17) is 32.7 Å². The number of halogens is 2. The fourth-order valence-electron chi connectivity index (χ4n) is 3.01. The molecule has 0 fully saturated rings. The summed E-state index contributed by atoms with van der Waals surface area (Å²) in [4.78, 5) is 24.1. The van der Waals surface area contributed by atoms with Gasteiger partial charge in [-0.25, -0.2) is 5.43 Å². The molecular weight excluding hydrogens is 489 g/mol. The van der Waals surface area contributed by atoms with E-state index in [2.05, 4.69) is 15.8 Å². The third kappa shape index (κ3) is 8.02. The lowest BCUT2D eigenvalue weighted by atomic mass is 10.2. The molecule has 0 saturated carbocycles. The van der Waals surface area contributed by atoms with Crippen LogP contribution in [-0.4, -0.2) is 25.1 Å². The number of benzene rings is 3. The topological polar surface area (TPSA) is 89.0 Å². The molecule has 3 aromatic carbocycles. The van der Waals surface area contributed by atoms with Crippen molar-refractivity contribution < 1.29 is 19.1 Å². The van der Waals surface area contributed by atoms with Crippen molar-refractivity contribution in [1.29, 1.82) is 0 Å². The van der Waals surface area contributed by atoms with E-state index in [1.807, 2.05) is 31.2 Å². The molecule has 3 aromatic rings. The molecule has 0 atom stereocenters. The summed E-state index contributed by atoms with van der Waals surface area (Å²) in [6, 6.07) is 17.9. The van der Waals surface area contributed by atoms with Crippen LogP contribution < -0.4 is 20.2 Å². The summed E-state index contributed by atoms with van der Waals surface area (Å²) in [6.45, 7) is 2.17. The summed E-state index contributed by atoms with van der Waals surface area (Å²) >= 11 is 12.2. The lowest BCUT2D eigenvalue weighted by Gasteiger charge is -2.12. The number of hydrogen-bond donors (Lipinski definition) is 2. The zero-order chi connectivity index (χ0) is 25.2. The Balaban J connectivity index is 1.47. The largest absolute Gasteiger partial charge is 0.493 e. The quantitative estimate of drug-likeness (QED) is 0.266. The van der Waals surface area contributed by atoms with Crippen molar-refractivity contribution in [3.63, 3.8) is 0 Å². The van der Waals surface area contributed by atoms with Gasteiger partial charge in [0.25, 0.3) is 0 Å². The summed E-state index contributed by atoms with van der Waals surface area (Å²) in [6.07, 6.45) is 1.48. The second-order valence-corrected chi connectivity index (χ2v) is 8.41. The van der Waals surface area contributed by atoms with E-state index >= 15 is 0 Å². The molecule has 9 heteroatoms. The highest BCUT2D eigenvalue weighted by Gasteiger charge is 2.09. The van der Waals surface area contributed by atoms with E-state index in [1.54, 1.807) is 36.4 Å². The van der Waals surface area contributed by atoms with E-state index in [-0.39, 0.29) is 24.7 Å². The molecule has 0 saturated heterocycles. The van der Waals surface area contributed by atoms with E-state index in [1.165, 1.54) is 13.3 Å². The Bertz CT molecular complexity index is 1230.